The molecule has 0 saturated carbocycles. The van der Waals surface area contributed by atoms with Gasteiger partial charge in [0.15, 0.2) is 11.0 Å². The molecule has 45 heavy (non-hydrogen) atoms. The number of aromatic amines is 2. The number of carbonyl (C=O) groups excluding carboxylic acids is 2. The van der Waals surface area contributed by atoms with Crippen LogP contribution in [-0.2, 0) is 56.6 Å². The van der Waals surface area contributed by atoms with Crippen molar-refractivity contribution in [1.29, 1.82) is 0 Å². The number of nitrogens with one attached hydrogen (secondary N) is 4. The van der Waals surface area contributed by atoms with E-state index in [1.807, 2.05) is 33.8 Å². The molecule has 0 aromatic carbocycles. The summed E-state index contributed by atoms with van der Waals surface area (Å²) in [5, 5.41) is 34.7. The molecule has 0 bridgehead atoms. The van der Waals surface area contributed by atoms with Gasteiger partial charge in [0.05, 0.1) is 18.2 Å². The molecule has 2 aromatic rings. The zero-order valence-electron chi connectivity index (χ0n) is 25.9. The summed E-state index contributed by atoms with van der Waals surface area (Å²) in [7, 11) is 0. The van der Waals surface area contributed by atoms with E-state index in [0.29, 0.717) is 36.5 Å². The van der Waals surface area contributed by atoms with Crippen LogP contribution in [0.5, 0.6) is 0 Å². The Labute approximate surface area is 265 Å². The van der Waals surface area contributed by atoms with Gasteiger partial charge in [-0.2, -0.15) is 0 Å². The molecule has 3 aliphatic rings. The van der Waals surface area contributed by atoms with Gasteiger partial charge < -0.3 is 35.9 Å². The predicted molar refractivity (Wildman–Crippen MR) is 172 cm³/mol. The molecule has 2 amide bonds. The highest BCUT2D eigenvalue weighted by molar-refractivity contribution is 7.86. The van der Waals surface area contributed by atoms with Crippen LogP contribution in [0.25, 0.3) is 6.08 Å². The lowest BCUT2D eigenvalue weighted by Gasteiger charge is -2.12. The number of aliphatic hydroxyl groups excluding tert-OH is 1. The van der Waals surface area contributed by atoms with Gasteiger partial charge in [-0.3, -0.25) is 19.2 Å². The summed E-state index contributed by atoms with van der Waals surface area (Å²) >= 11 is 1.35. The smallest absolute Gasteiger partial charge is 0.303 e. The van der Waals surface area contributed by atoms with E-state index in [1.54, 1.807) is 0 Å². The first-order valence-corrected chi connectivity index (χ1v) is 16.4. The summed E-state index contributed by atoms with van der Waals surface area (Å²) < 4.78 is 0. The van der Waals surface area contributed by atoms with Crippen LogP contribution in [0.2, 0.25) is 0 Å². The second-order valence-electron chi connectivity index (χ2n) is 12.2. The molecule has 240 valence electrons. The maximum Gasteiger partial charge on any atom is 0.303 e. The number of amides is 2. The van der Waals surface area contributed by atoms with E-state index >= 15 is 0 Å². The van der Waals surface area contributed by atoms with E-state index in [9.17, 15) is 34.5 Å². The average molecular weight is 638 g/mol. The Bertz CT molecular complexity index is 1640. The van der Waals surface area contributed by atoms with Crippen LogP contribution in [-0.4, -0.2) is 66.1 Å². The van der Waals surface area contributed by atoms with Crippen LogP contribution in [0.15, 0.2) is 29.2 Å². The molecule has 0 aliphatic carbocycles. The van der Waals surface area contributed by atoms with Gasteiger partial charge in [0.2, 0.25) is 5.91 Å². The SMILES string of the molecule is CC1=C(/C=C/O)C(=O)N[C@@H]1Cc1[nH]c(Cc2[nH]c(/C=C3\NC(=O)[C@H](C)[C@H]3[C@H]3C[SH+]3)c(C)c2CCC(=O)O)c(CCC(=O)O)c1C. The zero-order chi connectivity index (χ0) is 32.6. The first-order chi connectivity index (χ1) is 21.4. The maximum absolute atomic E-state index is 12.6. The number of aromatic nitrogens is 2. The number of carboxylic acids is 2. The van der Waals surface area contributed by atoms with Crippen LogP contribution in [0, 0.1) is 25.7 Å². The molecule has 7 N–H and O–H groups in total. The fourth-order valence-electron chi connectivity index (χ4n) is 6.74. The van der Waals surface area contributed by atoms with Gasteiger partial charge in [0.1, 0.15) is 0 Å². The molecule has 4 atom stereocenters. The maximum atomic E-state index is 12.6. The molecule has 11 nitrogen and oxygen atoms in total. The summed E-state index contributed by atoms with van der Waals surface area (Å²) in [6.45, 7) is 7.71. The number of rotatable bonds is 13. The van der Waals surface area contributed by atoms with Crippen molar-refractivity contribution in [3.8, 4) is 0 Å². The van der Waals surface area contributed by atoms with E-state index in [0.717, 1.165) is 68.3 Å². The van der Waals surface area contributed by atoms with Crippen molar-refractivity contribution in [1.82, 2.24) is 20.6 Å². The van der Waals surface area contributed by atoms with E-state index < -0.39 is 11.9 Å². The number of hydrogen-bond donors (Lipinski definition) is 7. The van der Waals surface area contributed by atoms with Crippen molar-refractivity contribution in [2.45, 2.75) is 77.5 Å². The standard InChI is InChI=1S/C33H40N4O7S/c1-15-19(5-7-29(39)40)25(34-22(15)11-24-17(3)21(9-10-38)33(44)36-24)13-26-20(6-8-30(41)42)16(2)23(35-26)12-27-31(28-14-45-28)18(4)32(43)37-27/h9-10,12,18,24,28,31,34-35,38H,5-8,11,13-14H2,1-4H3,(H,36,44)(H,37,43)(H,39,40)(H,41,42)/p+1/b10-9+,27-12-/t18-,24-,28-,31-/m1/s1. The van der Waals surface area contributed by atoms with E-state index in [2.05, 4.69) is 20.6 Å². The van der Waals surface area contributed by atoms with Crippen molar-refractivity contribution in [3.63, 3.8) is 0 Å². The summed E-state index contributed by atoms with van der Waals surface area (Å²) in [4.78, 5) is 55.2. The highest BCUT2D eigenvalue weighted by Gasteiger charge is 2.52. The Balaban J connectivity index is 1.51. The van der Waals surface area contributed by atoms with Crippen molar-refractivity contribution >= 4 is 41.6 Å². The van der Waals surface area contributed by atoms with E-state index in [1.165, 1.54) is 17.8 Å². The van der Waals surface area contributed by atoms with Crippen molar-refractivity contribution in [2.24, 2.45) is 11.8 Å². The molecule has 2 saturated heterocycles. The number of hydrogen-bond acceptors (Lipinski definition) is 5. The van der Waals surface area contributed by atoms with Gasteiger partial charge in [-0.25, -0.2) is 0 Å². The fraction of sp³-hybridized carbons (Fsp3) is 0.455. The molecule has 0 unspecified atom stereocenters. The van der Waals surface area contributed by atoms with Gasteiger partial charge in [-0.1, -0.05) is 6.92 Å². The monoisotopic (exact) mass is 637 g/mol. The normalized spacial score (nSPS) is 23.8. The Morgan fingerprint density at radius 1 is 0.956 bits per heavy atom. The first kappa shape index (κ1) is 32.2. The number of aliphatic hydroxyl groups is 1. The Hall–Kier alpha value is -4.19. The third kappa shape index (κ3) is 6.75. The zero-order valence-corrected chi connectivity index (χ0v) is 26.8. The molecular weight excluding hydrogens is 596 g/mol. The van der Waals surface area contributed by atoms with Crippen molar-refractivity contribution in [2.75, 3.05) is 5.75 Å². The summed E-state index contributed by atoms with van der Waals surface area (Å²) in [6.07, 6.45) is 5.60. The van der Waals surface area contributed by atoms with Crippen molar-refractivity contribution < 1.29 is 34.5 Å². The molecule has 12 heteroatoms. The minimum Gasteiger partial charge on any atom is -0.516 e. The number of thiol groups is 1. The Kier molecular flexibility index (Phi) is 9.33. The number of aliphatic carboxylic acids is 2. The molecular formula is C33H41N4O7S+. The third-order valence-electron chi connectivity index (χ3n) is 9.44. The molecule has 0 spiro atoms. The molecule has 2 fully saturated rings. The first-order valence-electron chi connectivity index (χ1n) is 15.2. The lowest BCUT2D eigenvalue weighted by atomic mass is 9.91. The van der Waals surface area contributed by atoms with Crippen LogP contribution in [0.3, 0.4) is 0 Å². The molecule has 5 rings (SSSR count). The van der Waals surface area contributed by atoms with Gasteiger partial charge in [0, 0.05) is 65.6 Å². The lowest BCUT2D eigenvalue weighted by Crippen LogP contribution is -2.30. The Morgan fingerprint density at radius 2 is 1.58 bits per heavy atom. The van der Waals surface area contributed by atoms with Crippen molar-refractivity contribution in [3.05, 3.63) is 74.2 Å². The van der Waals surface area contributed by atoms with Gasteiger partial charge in [-0.15, -0.1) is 0 Å². The van der Waals surface area contributed by atoms with Crippen LogP contribution < -0.4 is 10.6 Å². The minimum atomic E-state index is -0.908. The molecule has 0 radical (unpaired) electrons. The quantitative estimate of drug-likeness (QED) is 0.0762. The summed E-state index contributed by atoms with van der Waals surface area (Å²) in [5.74, 6) is -0.948. The molecule has 5 heterocycles. The summed E-state index contributed by atoms with van der Waals surface area (Å²) in [6, 6.07) is -0.291. The second kappa shape index (κ2) is 13.0. The van der Waals surface area contributed by atoms with Crippen LogP contribution >= 0.6 is 0 Å². The van der Waals surface area contributed by atoms with Crippen LogP contribution in [0.4, 0.5) is 0 Å². The number of carbonyl (C=O) groups is 4. The highest BCUT2D eigenvalue weighted by Crippen LogP contribution is 2.38. The highest BCUT2D eigenvalue weighted by atomic mass is 32.2. The number of carboxylic acid groups (broad SMARTS) is 2. The van der Waals surface area contributed by atoms with Gasteiger partial charge in [-0.05, 0) is 85.4 Å². The third-order valence-corrected chi connectivity index (χ3v) is 10.6. The predicted octanol–water partition coefficient (Wildman–Crippen LogP) is 2.93. The van der Waals surface area contributed by atoms with Gasteiger partial charge in [0.25, 0.3) is 5.91 Å². The number of allylic oxidation sites excluding steroid dienone is 1. The van der Waals surface area contributed by atoms with Gasteiger partial charge >= 0.3 is 11.9 Å². The molecule has 2 aromatic heterocycles. The number of H-pyrrole nitrogens is 2. The van der Waals surface area contributed by atoms with Crippen LogP contribution in [0.1, 0.15) is 71.7 Å². The minimum absolute atomic E-state index is 0.0179. The summed E-state index contributed by atoms with van der Waals surface area (Å²) in [5.41, 5.74) is 9.10. The molecule has 3 aliphatic heterocycles. The average Bonchev–Trinajstić information content (AvgIpc) is 3.56. The lowest BCUT2D eigenvalue weighted by molar-refractivity contribution is -0.138. The second-order valence-corrected chi connectivity index (χ2v) is 13.6. The topological polar surface area (TPSA) is 185 Å². The van der Waals surface area contributed by atoms with E-state index in [-0.39, 0.29) is 42.5 Å². The van der Waals surface area contributed by atoms with E-state index in [4.69, 9.17) is 0 Å². The largest absolute Gasteiger partial charge is 0.516 e. The fourth-order valence-corrected chi connectivity index (χ4v) is 7.73. The Morgan fingerprint density at radius 3 is 2.18 bits per heavy atom.